The molecule has 0 aliphatic rings. The lowest BCUT2D eigenvalue weighted by molar-refractivity contribution is 0.216. The molecule has 6 heteroatoms. The number of nitrogens with two attached hydrogens (primary N) is 1. The van der Waals surface area contributed by atoms with Crippen LogP contribution in [0.1, 0.15) is 6.42 Å². The van der Waals surface area contributed by atoms with Crippen LogP contribution in [-0.2, 0) is 14.8 Å². The molecular formula is C7H18N2O3S. The fourth-order valence-corrected chi connectivity index (χ4v) is 1.89. The molecule has 0 amide bonds. The van der Waals surface area contributed by atoms with E-state index in [1.165, 1.54) is 11.4 Å². The number of rotatable bonds is 7. The average molecular weight is 210 g/mol. The van der Waals surface area contributed by atoms with Crippen LogP contribution in [0.25, 0.3) is 0 Å². The van der Waals surface area contributed by atoms with E-state index in [1.807, 2.05) is 0 Å². The molecule has 0 unspecified atom stereocenters. The average Bonchev–Trinajstić information content (AvgIpc) is 2.10. The molecule has 0 aliphatic heterocycles. The van der Waals surface area contributed by atoms with E-state index in [1.54, 1.807) is 7.05 Å². The van der Waals surface area contributed by atoms with E-state index in [0.717, 1.165) is 0 Å². The van der Waals surface area contributed by atoms with E-state index in [4.69, 9.17) is 10.5 Å². The van der Waals surface area contributed by atoms with Crippen LogP contribution in [0.5, 0.6) is 0 Å². The summed E-state index contributed by atoms with van der Waals surface area (Å²) < 4.78 is 28.8. The summed E-state index contributed by atoms with van der Waals surface area (Å²) in [6.07, 6.45) is 0.683. The van der Waals surface area contributed by atoms with Gasteiger partial charge in [-0.15, -0.1) is 0 Å². The second-order valence-electron chi connectivity index (χ2n) is 2.77. The van der Waals surface area contributed by atoms with Gasteiger partial charge in [-0.05, 0) is 13.0 Å². The SMILES string of the molecule is COCCS(=O)(=O)N(C)CCCN. The highest BCUT2D eigenvalue weighted by atomic mass is 32.2. The molecule has 0 aromatic rings. The van der Waals surface area contributed by atoms with Gasteiger partial charge in [0.1, 0.15) is 0 Å². The fourth-order valence-electron chi connectivity index (χ4n) is 0.798. The highest BCUT2D eigenvalue weighted by Crippen LogP contribution is 1.98. The van der Waals surface area contributed by atoms with Crippen molar-refractivity contribution in [3.05, 3.63) is 0 Å². The lowest BCUT2D eigenvalue weighted by Gasteiger charge is -2.15. The molecule has 2 N–H and O–H groups in total. The minimum absolute atomic E-state index is 0.0323. The van der Waals surface area contributed by atoms with Crippen LogP contribution in [0.15, 0.2) is 0 Å². The van der Waals surface area contributed by atoms with Crippen LogP contribution in [0, 0.1) is 0 Å². The Morgan fingerprint density at radius 2 is 2.08 bits per heavy atom. The van der Waals surface area contributed by atoms with Gasteiger partial charge >= 0.3 is 0 Å². The molecule has 0 bridgehead atoms. The van der Waals surface area contributed by atoms with E-state index >= 15 is 0 Å². The number of nitrogens with zero attached hydrogens (tertiary/aromatic N) is 1. The summed E-state index contributed by atoms with van der Waals surface area (Å²) in [5.74, 6) is 0.0323. The summed E-state index contributed by atoms with van der Waals surface area (Å²) >= 11 is 0. The molecular weight excluding hydrogens is 192 g/mol. The molecule has 0 atom stereocenters. The second kappa shape index (κ2) is 6.31. The van der Waals surface area contributed by atoms with Gasteiger partial charge in [0.25, 0.3) is 0 Å². The highest BCUT2D eigenvalue weighted by molar-refractivity contribution is 7.89. The van der Waals surface area contributed by atoms with E-state index in [0.29, 0.717) is 19.5 Å². The first-order valence-electron chi connectivity index (χ1n) is 4.17. The Labute approximate surface area is 79.9 Å². The zero-order chi connectivity index (χ0) is 10.3. The van der Waals surface area contributed by atoms with Crippen LogP contribution in [-0.4, -0.2) is 52.3 Å². The zero-order valence-electron chi connectivity index (χ0n) is 8.19. The van der Waals surface area contributed by atoms with Gasteiger partial charge < -0.3 is 10.5 Å². The van der Waals surface area contributed by atoms with E-state index in [-0.39, 0.29) is 12.4 Å². The van der Waals surface area contributed by atoms with E-state index < -0.39 is 10.0 Å². The summed E-state index contributed by atoms with van der Waals surface area (Å²) in [5.41, 5.74) is 5.27. The van der Waals surface area contributed by atoms with Crippen molar-refractivity contribution in [3.8, 4) is 0 Å². The molecule has 0 spiro atoms. The van der Waals surface area contributed by atoms with E-state index in [2.05, 4.69) is 0 Å². The van der Waals surface area contributed by atoms with Crippen LogP contribution < -0.4 is 5.73 Å². The Hall–Kier alpha value is -0.170. The molecule has 0 aromatic carbocycles. The fraction of sp³-hybridized carbons (Fsp3) is 1.00. The van der Waals surface area contributed by atoms with Gasteiger partial charge in [-0.1, -0.05) is 0 Å². The standard InChI is InChI=1S/C7H18N2O3S/c1-9(5-3-4-8)13(10,11)7-6-12-2/h3-8H2,1-2H3. The maximum atomic E-state index is 11.4. The monoisotopic (exact) mass is 210 g/mol. The molecule has 0 aliphatic carbocycles. The summed E-state index contributed by atoms with van der Waals surface area (Å²) in [7, 11) is -0.104. The highest BCUT2D eigenvalue weighted by Gasteiger charge is 2.16. The second-order valence-corrected chi connectivity index (χ2v) is 4.97. The minimum Gasteiger partial charge on any atom is -0.384 e. The summed E-state index contributed by atoms with van der Waals surface area (Å²) in [4.78, 5) is 0. The van der Waals surface area contributed by atoms with Crippen molar-refractivity contribution < 1.29 is 13.2 Å². The number of methoxy groups -OCH3 is 1. The Balaban J connectivity index is 3.96. The molecule has 5 nitrogen and oxygen atoms in total. The topological polar surface area (TPSA) is 72.6 Å². The van der Waals surface area contributed by atoms with Gasteiger partial charge in [0.2, 0.25) is 10.0 Å². The minimum atomic E-state index is -3.14. The number of ether oxygens (including phenoxy) is 1. The number of sulfonamides is 1. The molecule has 0 radical (unpaired) electrons. The number of hydrogen-bond acceptors (Lipinski definition) is 4. The van der Waals surface area contributed by atoms with Gasteiger partial charge in [0, 0.05) is 20.7 Å². The Morgan fingerprint density at radius 3 is 2.54 bits per heavy atom. The Morgan fingerprint density at radius 1 is 1.46 bits per heavy atom. The van der Waals surface area contributed by atoms with Gasteiger partial charge in [0.15, 0.2) is 0 Å². The first-order valence-corrected chi connectivity index (χ1v) is 5.78. The lowest BCUT2D eigenvalue weighted by Crippen LogP contribution is -2.32. The molecule has 0 saturated heterocycles. The molecule has 0 saturated carbocycles. The van der Waals surface area contributed by atoms with Crippen molar-refractivity contribution in [2.45, 2.75) is 6.42 Å². The van der Waals surface area contributed by atoms with Crippen molar-refractivity contribution in [1.29, 1.82) is 0 Å². The van der Waals surface area contributed by atoms with Crippen molar-refractivity contribution in [2.24, 2.45) is 5.73 Å². The first-order chi connectivity index (χ1) is 6.04. The van der Waals surface area contributed by atoms with Gasteiger partial charge in [0.05, 0.1) is 12.4 Å². The molecule has 0 rings (SSSR count). The predicted molar refractivity (Wildman–Crippen MR) is 52.0 cm³/mol. The number of hydrogen-bond donors (Lipinski definition) is 1. The van der Waals surface area contributed by atoms with Gasteiger partial charge in [-0.3, -0.25) is 0 Å². The van der Waals surface area contributed by atoms with Gasteiger partial charge in [-0.25, -0.2) is 12.7 Å². The van der Waals surface area contributed by atoms with Crippen LogP contribution in [0.4, 0.5) is 0 Å². The van der Waals surface area contributed by atoms with Crippen LogP contribution in [0.3, 0.4) is 0 Å². The molecule has 0 fully saturated rings. The van der Waals surface area contributed by atoms with Crippen molar-refractivity contribution >= 4 is 10.0 Å². The third-order valence-corrected chi connectivity index (χ3v) is 3.51. The smallest absolute Gasteiger partial charge is 0.216 e. The largest absolute Gasteiger partial charge is 0.384 e. The zero-order valence-corrected chi connectivity index (χ0v) is 9.01. The maximum absolute atomic E-state index is 11.4. The van der Waals surface area contributed by atoms with Crippen molar-refractivity contribution in [3.63, 3.8) is 0 Å². The van der Waals surface area contributed by atoms with Gasteiger partial charge in [-0.2, -0.15) is 0 Å². The van der Waals surface area contributed by atoms with Crippen molar-refractivity contribution in [2.75, 3.05) is 39.6 Å². The Kier molecular flexibility index (Phi) is 6.23. The summed E-state index contributed by atoms with van der Waals surface area (Å²) in [6.45, 7) is 1.21. The van der Waals surface area contributed by atoms with Crippen LogP contribution >= 0.6 is 0 Å². The van der Waals surface area contributed by atoms with E-state index in [9.17, 15) is 8.42 Å². The first kappa shape index (κ1) is 12.8. The predicted octanol–water partition coefficient (Wildman–Crippen LogP) is -0.757. The Bertz CT molecular complexity index is 216. The van der Waals surface area contributed by atoms with Crippen LogP contribution in [0.2, 0.25) is 0 Å². The van der Waals surface area contributed by atoms with Crippen molar-refractivity contribution in [1.82, 2.24) is 4.31 Å². The molecule has 80 valence electrons. The maximum Gasteiger partial charge on any atom is 0.216 e. The quantitative estimate of drug-likeness (QED) is 0.599. The molecule has 0 heterocycles. The lowest BCUT2D eigenvalue weighted by atomic mass is 10.4. The summed E-state index contributed by atoms with van der Waals surface area (Å²) in [5, 5.41) is 0. The molecule has 13 heavy (non-hydrogen) atoms. The third-order valence-electron chi connectivity index (χ3n) is 1.70. The summed E-state index contributed by atoms with van der Waals surface area (Å²) in [6, 6.07) is 0. The molecule has 0 aromatic heterocycles. The third kappa shape index (κ3) is 5.20. The normalized spacial score (nSPS) is 12.3.